The van der Waals surface area contributed by atoms with Crippen LogP contribution in [0.4, 0.5) is 5.69 Å². The number of aromatic nitrogens is 1. The summed E-state index contributed by atoms with van der Waals surface area (Å²) in [5.74, 6) is 0.00299. The first kappa shape index (κ1) is 15.8. The third-order valence-electron chi connectivity index (χ3n) is 4.95. The first-order valence-corrected chi connectivity index (χ1v) is 8.64. The molecule has 1 heterocycles. The van der Waals surface area contributed by atoms with Crippen molar-refractivity contribution in [3.8, 4) is 0 Å². The number of nitrogens with zero attached hydrogens (tertiary/aromatic N) is 2. The van der Waals surface area contributed by atoms with Gasteiger partial charge in [-0.3, -0.25) is 14.7 Å². The molecule has 1 aromatic heterocycles. The van der Waals surface area contributed by atoms with Crippen molar-refractivity contribution < 1.29 is 4.79 Å². The van der Waals surface area contributed by atoms with Crippen LogP contribution in [0.3, 0.4) is 0 Å². The van der Waals surface area contributed by atoms with Crippen LogP contribution in [-0.2, 0) is 11.2 Å². The molecule has 4 nitrogen and oxygen atoms in total. The summed E-state index contributed by atoms with van der Waals surface area (Å²) >= 11 is 0. The summed E-state index contributed by atoms with van der Waals surface area (Å²) < 4.78 is 0. The molecule has 1 amide bonds. The van der Waals surface area contributed by atoms with E-state index in [1.54, 1.807) is 6.20 Å². The number of rotatable bonds is 4. The van der Waals surface area contributed by atoms with E-state index >= 15 is 0 Å². The Labute approximate surface area is 147 Å². The summed E-state index contributed by atoms with van der Waals surface area (Å²) in [6.07, 6.45) is 3.92. The zero-order valence-electron chi connectivity index (χ0n) is 14.3. The number of fused-ring (bicyclic) bond motifs is 2. The van der Waals surface area contributed by atoms with Gasteiger partial charge in [0.2, 0.25) is 5.91 Å². The van der Waals surface area contributed by atoms with Crippen molar-refractivity contribution in [3.05, 3.63) is 71.9 Å². The van der Waals surface area contributed by atoms with Crippen molar-refractivity contribution in [3.63, 3.8) is 0 Å². The number of hydrogen-bond acceptors (Lipinski definition) is 3. The van der Waals surface area contributed by atoms with Gasteiger partial charge in [0.1, 0.15) is 0 Å². The zero-order chi connectivity index (χ0) is 17.2. The SMILES string of the molecule is CN(CC(=O)Nc1cccc2ncccc12)[C@@H]1CCc2ccccc21. The molecule has 2 aromatic carbocycles. The maximum Gasteiger partial charge on any atom is 0.238 e. The van der Waals surface area contributed by atoms with Crippen LogP contribution in [0.5, 0.6) is 0 Å². The van der Waals surface area contributed by atoms with E-state index in [4.69, 9.17) is 0 Å². The Morgan fingerprint density at radius 3 is 2.96 bits per heavy atom. The van der Waals surface area contributed by atoms with E-state index in [1.165, 1.54) is 11.1 Å². The molecule has 4 heteroatoms. The molecule has 126 valence electrons. The molecule has 0 spiro atoms. The van der Waals surface area contributed by atoms with E-state index < -0.39 is 0 Å². The minimum Gasteiger partial charge on any atom is -0.324 e. The molecule has 0 radical (unpaired) electrons. The molecule has 1 N–H and O–H groups in total. The Kier molecular flexibility index (Phi) is 4.20. The monoisotopic (exact) mass is 331 g/mol. The fourth-order valence-electron chi connectivity index (χ4n) is 3.73. The number of carbonyl (C=O) groups is 1. The molecule has 0 saturated heterocycles. The molecule has 25 heavy (non-hydrogen) atoms. The van der Waals surface area contributed by atoms with E-state index in [0.717, 1.165) is 29.4 Å². The third kappa shape index (κ3) is 3.13. The van der Waals surface area contributed by atoms with E-state index in [9.17, 15) is 4.79 Å². The minimum absolute atomic E-state index is 0.00299. The fraction of sp³-hybridized carbons (Fsp3) is 0.238. The Bertz CT molecular complexity index is 916. The first-order chi connectivity index (χ1) is 12.2. The van der Waals surface area contributed by atoms with Crippen molar-refractivity contribution in [2.45, 2.75) is 18.9 Å². The van der Waals surface area contributed by atoms with Crippen molar-refractivity contribution in [2.24, 2.45) is 0 Å². The van der Waals surface area contributed by atoms with Gasteiger partial charge in [-0.2, -0.15) is 0 Å². The number of hydrogen-bond donors (Lipinski definition) is 1. The number of carbonyl (C=O) groups excluding carboxylic acids is 1. The predicted molar refractivity (Wildman–Crippen MR) is 101 cm³/mol. The highest BCUT2D eigenvalue weighted by molar-refractivity contribution is 6.01. The predicted octanol–water partition coefficient (Wildman–Crippen LogP) is 3.79. The van der Waals surface area contributed by atoms with Gasteiger partial charge >= 0.3 is 0 Å². The topological polar surface area (TPSA) is 45.2 Å². The van der Waals surface area contributed by atoms with E-state index in [-0.39, 0.29) is 5.91 Å². The molecule has 1 aliphatic rings. The molecule has 4 rings (SSSR count). The van der Waals surface area contributed by atoms with Gasteiger partial charge in [0, 0.05) is 17.6 Å². The van der Waals surface area contributed by atoms with Gasteiger partial charge in [0.25, 0.3) is 0 Å². The Morgan fingerprint density at radius 2 is 2.04 bits per heavy atom. The van der Waals surface area contributed by atoms with Crippen LogP contribution < -0.4 is 5.32 Å². The van der Waals surface area contributed by atoms with Crippen LogP contribution in [0, 0.1) is 0 Å². The summed E-state index contributed by atoms with van der Waals surface area (Å²) in [5.41, 5.74) is 4.46. The lowest BCUT2D eigenvalue weighted by molar-refractivity contribution is -0.117. The molecular weight excluding hydrogens is 310 g/mol. The second kappa shape index (κ2) is 6.65. The second-order valence-electron chi connectivity index (χ2n) is 6.59. The van der Waals surface area contributed by atoms with Gasteiger partial charge in [-0.25, -0.2) is 0 Å². The van der Waals surface area contributed by atoms with Crippen LogP contribution in [0.1, 0.15) is 23.6 Å². The number of amides is 1. The lowest BCUT2D eigenvalue weighted by Crippen LogP contribution is -2.32. The van der Waals surface area contributed by atoms with Gasteiger partial charge in [-0.15, -0.1) is 0 Å². The van der Waals surface area contributed by atoms with Crippen LogP contribution in [0.25, 0.3) is 10.9 Å². The second-order valence-corrected chi connectivity index (χ2v) is 6.59. The fourth-order valence-corrected chi connectivity index (χ4v) is 3.73. The number of benzene rings is 2. The summed E-state index contributed by atoms with van der Waals surface area (Å²) in [6.45, 7) is 0.371. The van der Waals surface area contributed by atoms with Crippen LogP contribution in [-0.4, -0.2) is 29.4 Å². The lowest BCUT2D eigenvalue weighted by Gasteiger charge is -2.24. The minimum atomic E-state index is 0.00299. The van der Waals surface area contributed by atoms with Gasteiger partial charge in [0.05, 0.1) is 17.7 Å². The molecule has 1 aliphatic carbocycles. The van der Waals surface area contributed by atoms with Gasteiger partial charge in [0.15, 0.2) is 0 Å². The Morgan fingerprint density at radius 1 is 1.16 bits per heavy atom. The largest absolute Gasteiger partial charge is 0.324 e. The zero-order valence-corrected chi connectivity index (χ0v) is 14.3. The molecule has 0 fully saturated rings. The molecule has 0 bridgehead atoms. The highest BCUT2D eigenvalue weighted by Crippen LogP contribution is 2.34. The van der Waals surface area contributed by atoms with Crippen LogP contribution in [0.2, 0.25) is 0 Å². The number of anilines is 1. The summed E-state index contributed by atoms with van der Waals surface area (Å²) in [7, 11) is 2.02. The molecule has 0 aliphatic heterocycles. The number of nitrogens with one attached hydrogen (secondary N) is 1. The van der Waals surface area contributed by atoms with Gasteiger partial charge < -0.3 is 5.32 Å². The van der Waals surface area contributed by atoms with Gasteiger partial charge in [-0.1, -0.05) is 30.3 Å². The first-order valence-electron chi connectivity index (χ1n) is 8.64. The summed E-state index contributed by atoms with van der Waals surface area (Å²) in [4.78, 5) is 19.0. The van der Waals surface area contributed by atoms with Crippen molar-refractivity contribution >= 4 is 22.5 Å². The molecule has 0 saturated carbocycles. The maximum absolute atomic E-state index is 12.6. The average Bonchev–Trinajstić information content (AvgIpc) is 3.06. The quantitative estimate of drug-likeness (QED) is 0.791. The van der Waals surface area contributed by atoms with Crippen LogP contribution in [0.15, 0.2) is 60.8 Å². The maximum atomic E-state index is 12.6. The highest BCUT2D eigenvalue weighted by Gasteiger charge is 2.26. The van der Waals surface area contributed by atoms with Crippen LogP contribution >= 0.6 is 0 Å². The number of likely N-dealkylation sites (N-methyl/N-ethyl adjacent to an activating group) is 1. The van der Waals surface area contributed by atoms with E-state index in [1.807, 2.05) is 37.4 Å². The Balaban J connectivity index is 1.47. The van der Waals surface area contributed by atoms with Crippen molar-refractivity contribution in [2.75, 3.05) is 18.9 Å². The molecular formula is C21H21N3O. The Hall–Kier alpha value is -2.72. The van der Waals surface area contributed by atoms with E-state index in [0.29, 0.717) is 12.6 Å². The number of pyridine rings is 1. The third-order valence-corrected chi connectivity index (χ3v) is 4.95. The lowest BCUT2D eigenvalue weighted by atomic mass is 10.1. The molecule has 1 atom stereocenters. The van der Waals surface area contributed by atoms with E-state index in [2.05, 4.69) is 39.5 Å². The summed E-state index contributed by atoms with van der Waals surface area (Å²) in [6, 6.07) is 18.5. The smallest absolute Gasteiger partial charge is 0.238 e. The number of aryl methyl sites for hydroxylation is 1. The standard InChI is InChI=1S/C21H21N3O/c1-24(20-12-11-15-6-2-3-7-16(15)20)14-21(25)23-19-10-4-9-18-17(19)8-5-13-22-18/h2-10,13,20H,11-12,14H2,1H3,(H,23,25)/t20-/m1/s1. The van der Waals surface area contributed by atoms with Crippen molar-refractivity contribution in [1.29, 1.82) is 0 Å². The van der Waals surface area contributed by atoms with Crippen molar-refractivity contribution in [1.82, 2.24) is 9.88 Å². The summed E-state index contributed by atoms with van der Waals surface area (Å²) in [5, 5.41) is 4.01. The molecule has 0 unspecified atom stereocenters. The highest BCUT2D eigenvalue weighted by atomic mass is 16.2. The molecule has 3 aromatic rings. The van der Waals surface area contributed by atoms with Gasteiger partial charge in [-0.05, 0) is 55.3 Å². The average molecular weight is 331 g/mol. The normalized spacial score (nSPS) is 16.2.